The number of rotatable bonds is 4. The van der Waals surface area contributed by atoms with Gasteiger partial charge in [-0.25, -0.2) is 0 Å². The quantitative estimate of drug-likeness (QED) is 0.411. The highest BCUT2D eigenvalue weighted by Gasteiger charge is 2.33. The van der Waals surface area contributed by atoms with Crippen LogP contribution in [0, 0.1) is 7.11 Å². The molecular formula is C5H11O4+. The van der Waals surface area contributed by atoms with Crippen LogP contribution in [0.4, 0.5) is 0 Å². The van der Waals surface area contributed by atoms with E-state index in [1.807, 2.05) is 0 Å². The summed E-state index contributed by atoms with van der Waals surface area (Å²) in [7, 11) is 7.26. The molecule has 0 fully saturated rings. The average molecular weight is 135 g/mol. The van der Waals surface area contributed by atoms with Gasteiger partial charge in [-0.15, -0.1) is 4.74 Å². The standard InChI is InChI=1S/C5H11O4/c1-6-5(7-2,8-3)9-4/h1H2,2-4H3/q+1. The molecule has 54 valence electrons. The van der Waals surface area contributed by atoms with Gasteiger partial charge in [-0.3, -0.25) is 0 Å². The molecule has 0 aliphatic carbocycles. The highest BCUT2D eigenvalue weighted by Crippen LogP contribution is 2.11. The maximum absolute atomic E-state index is 4.66. The molecule has 0 spiro atoms. The molecule has 0 radical (unpaired) electrons. The Bertz CT molecular complexity index is 51.8. The van der Waals surface area contributed by atoms with Crippen molar-refractivity contribution in [3.8, 4) is 0 Å². The van der Waals surface area contributed by atoms with E-state index in [0.717, 1.165) is 0 Å². The SMILES string of the molecule is [CH2+]OC(OC)(OC)OC. The summed E-state index contributed by atoms with van der Waals surface area (Å²) >= 11 is 0. The Hall–Kier alpha value is -0.290. The van der Waals surface area contributed by atoms with E-state index in [4.69, 9.17) is 0 Å². The predicted molar refractivity (Wildman–Crippen MR) is 30.2 cm³/mol. The van der Waals surface area contributed by atoms with E-state index in [0.29, 0.717) is 0 Å². The fraction of sp³-hybridized carbons (Fsp3) is 0.800. The van der Waals surface area contributed by atoms with Crippen molar-refractivity contribution in [2.75, 3.05) is 21.3 Å². The Morgan fingerprint density at radius 1 is 1.00 bits per heavy atom. The molecule has 4 heteroatoms. The smallest absolute Gasteiger partial charge is 0.304 e. The largest absolute Gasteiger partial charge is 0.451 e. The minimum Gasteiger partial charge on any atom is -0.304 e. The van der Waals surface area contributed by atoms with Crippen molar-refractivity contribution in [2.24, 2.45) is 0 Å². The van der Waals surface area contributed by atoms with Gasteiger partial charge in [-0.1, -0.05) is 0 Å². The first kappa shape index (κ1) is 8.71. The maximum Gasteiger partial charge on any atom is 0.451 e. The molecule has 0 bridgehead atoms. The lowest BCUT2D eigenvalue weighted by atomic mass is 11.0. The molecule has 0 saturated heterocycles. The maximum atomic E-state index is 4.66. The number of hydrogen-bond acceptors (Lipinski definition) is 4. The van der Waals surface area contributed by atoms with Crippen molar-refractivity contribution < 1.29 is 18.9 Å². The van der Waals surface area contributed by atoms with Crippen LogP contribution in [0.15, 0.2) is 0 Å². The second kappa shape index (κ2) is 3.68. The molecule has 0 aliphatic heterocycles. The number of methoxy groups -OCH3 is 3. The first-order valence-corrected chi connectivity index (χ1v) is 2.33. The molecule has 0 aromatic rings. The summed E-state index contributed by atoms with van der Waals surface area (Å²) < 4.78 is 18.4. The van der Waals surface area contributed by atoms with Crippen LogP contribution in [-0.4, -0.2) is 27.5 Å². The van der Waals surface area contributed by atoms with Gasteiger partial charge in [0.05, 0.1) is 0 Å². The van der Waals surface area contributed by atoms with Gasteiger partial charge in [-0.2, -0.15) is 0 Å². The van der Waals surface area contributed by atoms with Crippen LogP contribution in [0.25, 0.3) is 0 Å². The molecule has 0 aliphatic rings. The normalized spacial score (nSPS) is 11.9. The lowest BCUT2D eigenvalue weighted by Crippen LogP contribution is -2.37. The molecule has 0 saturated carbocycles. The Labute approximate surface area is 54.7 Å². The minimum absolute atomic E-state index is 1.39. The van der Waals surface area contributed by atoms with Gasteiger partial charge >= 0.3 is 6.16 Å². The summed E-state index contributed by atoms with van der Waals surface area (Å²) in [5.41, 5.74) is 0. The summed E-state index contributed by atoms with van der Waals surface area (Å²) in [6.45, 7) is 0. The van der Waals surface area contributed by atoms with Crippen molar-refractivity contribution in [1.29, 1.82) is 0 Å². The summed E-state index contributed by atoms with van der Waals surface area (Å²) in [4.78, 5) is 0. The second-order valence-corrected chi connectivity index (χ2v) is 1.26. The van der Waals surface area contributed by atoms with Gasteiger partial charge in [0.2, 0.25) is 7.11 Å². The Balaban J connectivity index is 3.82. The molecule has 0 unspecified atom stereocenters. The molecule has 0 N–H and O–H groups in total. The van der Waals surface area contributed by atoms with Crippen LogP contribution >= 0.6 is 0 Å². The van der Waals surface area contributed by atoms with Crippen LogP contribution in [0.2, 0.25) is 0 Å². The fourth-order valence-electron chi connectivity index (χ4n) is 0.427. The molecule has 0 rings (SSSR count). The highest BCUT2D eigenvalue weighted by atomic mass is 17.0. The topological polar surface area (TPSA) is 36.9 Å². The third-order valence-corrected chi connectivity index (χ3v) is 0.927. The molecule has 0 heterocycles. The van der Waals surface area contributed by atoms with E-state index in [2.05, 4.69) is 26.1 Å². The van der Waals surface area contributed by atoms with E-state index < -0.39 is 6.16 Å². The lowest BCUT2D eigenvalue weighted by Gasteiger charge is -2.20. The van der Waals surface area contributed by atoms with Gasteiger partial charge < -0.3 is 14.2 Å². The molecule has 0 atom stereocenters. The molecule has 4 nitrogen and oxygen atoms in total. The Morgan fingerprint density at radius 3 is 1.33 bits per heavy atom. The van der Waals surface area contributed by atoms with Crippen molar-refractivity contribution >= 4 is 0 Å². The van der Waals surface area contributed by atoms with E-state index >= 15 is 0 Å². The highest BCUT2D eigenvalue weighted by molar-refractivity contribution is 4.32. The average Bonchev–Trinajstić information content (AvgIpc) is 1.95. The number of hydrogen-bond donors (Lipinski definition) is 0. The van der Waals surface area contributed by atoms with Crippen LogP contribution in [0.5, 0.6) is 0 Å². The number of ether oxygens (including phenoxy) is 4. The zero-order valence-electron chi connectivity index (χ0n) is 5.84. The zero-order valence-corrected chi connectivity index (χ0v) is 5.84. The molecule has 9 heavy (non-hydrogen) atoms. The van der Waals surface area contributed by atoms with Crippen LogP contribution in [-0.2, 0) is 18.9 Å². The van der Waals surface area contributed by atoms with Crippen molar-refractivity contribution in [2.45, 2.75) is 6.16 Å². The van der Waals surface area contributed by atoms with E-state index in [9.17, 15) is 0 Å². The van der Waals surface area contributed by atoms with E-state index in [-0.39, 0.29) is 0 Å². The van der Waals surface area contributed by atoms with Gasteiger partial charge in [0.1, 0.15) is 0 Å². The molecule has 0 amide bonds. The molecular weight excluding hydrogens is 124 g/mol. The first-order chi connectivity index (χ1) is 4.24. The predicted octanol–water partition coefficient (Wildman–Crippen LogP) is 0.345. The van der Waals surface area contributed by atoms with Crippen molar-refractivity contribution in [3.63, 3.8) is 0 Å². The lowest BCUT2D eigenvalue weighted by molar-refractivity contribution is -0.465. The van der Waals surface area contributed by atoms with Crippen molar-refractivity contribution in [1.82, 2.24) is 0 Å². The Morgan fingerprint density at radius 2 is 1.33 bits per heavy atom. The first-order valence-electron chi connectivity index (χ1n) is 2.33. The third kappa shape index (κ3) is 1.83. The van der Waals surface area contributed by atoms with Gasteiger partial charge in [0.15, 0.2) is 0 Å². The van der Waals surface area contributed by atoms with Crippen LogP contribution in [0.1, 0.15) is 0 Å². The van der Waals surface area contributed by atoms with Crippen LogP contribution < -0.4 is 0 Å². The van der Waals surface area contributed by atoms with Gasteiger partial charge in [0.25, 0.3) is 0 Å². The fourth-order valence-corrected chi connectivity index (χ4v) is 0.427. The monoisotopic (exact) mass is 135 g/mol. The summed E-state index contributed by atoms with van der Waals surface area (Å²) in [5, 5.41) is 0. The zero-order chi connectivity index (χ0) is 7.33. The second-order valence-electron chi connectivity index (χ2n) is 1.26. The van der Waals surface area contributed by atoms with E-state index in [1.54, 1.807) is 0 Å². The summed E-state index contributed by atoms with van der Waals surface area (Å²) in [6.07, 6.45) is -1.44. The third-order valence-electron chi connectivity index (χ3n) is 0.927. The minimum atomic E-state index is -1.44. The van der Waals surface area contributed by atoms with Gasteiger partial charge in [0, 0.05) is 21.3 Å². The van der Waals surface area contributed by atoms with Gasteiger partial charge in [-0.05, 0) is 0 Å². The van der Waals surface area contributed by atoms with E-state index in [1.165, 1.54) is 21.3 Å². The Kier molecular flexibility index (Phi) is 3.56. The summed E-state index contributed by atoms with van der Waals surface area (Å²) in [6, 6.07) is 0. The van der Waals surface area contributed by atoms with Crippen molar-refractivity contribution in [3.05, 3.63) is 7.11 Å². The molecule has 0 aromatic carbocycles. The van der Waals surface area contributed by atoms with Crippen LogP contribution in [0.3, 0.4) is 0 Å². The summed E-state index contributed by atoms with van der Waals surface area (Å²) in [5.74, 6) is 0. The molecule has 0 aromatic heterocycles.